The predicted molar refractivity (Wildman–Crippen MR) is 75.2 cm³/mol. The molecule has 1 aliphatic carbocycles. The Morgan fingerprint density at radius 2 is 2.26 bits per heavy atom. The Labute approximate surface area is 114 Å². The van der Waals surface area contributed by atoms with Crippen molar-refractivity contribution < 1.29 is 9.53 Å². The van der Waals surface area contributed by atoms with E-state index in [0.29, 0.717) is 6.42 Å². The van der Waals surface area contributed by atoms with Crippen molar-refractivity contribution in [2.45, 2.75) is 44.2 Å². The van der Waals surface area contributed by atoms with Gasteiger partial charge in [-0.25, -0.2) is 0 Å². The van der Waals surface area contributed by atoms with Gasteiger partial charge in [-0.05, 0) is 19.4 Å². The van der Waals surface area contributed by atoms with Crippen LogP contribution in [0.4, 0.5) is 0 Å². The fraction of sp³-hybridized carbons (Fsp3) is 0.533. The summed E-state index contributed by atoms with van der Waals surface area (Å²) < 4.78 is 5.40. The lowest BCUT2D eigenvalue weighted by Gasteiger charge is -2.16. The SMILES string of the molecule is COc1ccccc1C1(C)CC1NC(=O)CC(C)N. The van der Waals surface area contributed by atoms with Gasteiger partial charge in [0.25, 0.3) is 0 Å². The van der Waals surface area contributed by atoms with Crippen molar-refractivity contribution in [2.24, 2.45) is 5.73 Å². The van der Waals surface area contributed by atoms with E-state index >= 15 is 0 Å². The summed E-state index contributed by atoms with van der Waals surface area (Å²) in [6.45, 7) is 3.99. The van der Waals surface area contributed by atoms with Gasteiger partial charge in [0, 0.05) is 29.5 Å². The number of amides is 1. The highest BCUT2D eigenvalue weighted by Crippen LogP contribution is 2.50. The van der Waals surface area contributed by atoms with Crippen LogP contribution >= 0.6 is 0 Å². The minimum Gasteiger partial charge on any atom is -0.496 e. The van der Waals surface area contributed by atoms with Crippen LogP contribution in [0.15, 0.2) is 24.3 Å². The smallest absolute Gasteiger partial charge is 0.221 e. The molecule has 0 spiro atoms. The zero-order valence-electron chi connectivity index (χ0n) is 11.8. The van der Waals surface area contributed by atoms with E-state index in [4.69, 9.17) is 10.5 Å². The zero-order valence-corrected chi connectivity index (χ0v) is 11.8. The molecule has 3 atom stereocenters. The van der Waals surface area contributed by atoms with E-state index in [0.717, 1.165) is 17.7 Å². The number of methoxy groups -OCH3 is 1. The van der Waals surface area contributed by atoms with Crippen LogP contribution in [-0.4, -0.2) is 25.1 Å². The van der Waals surface area contributed by atoms with Crippen molar-refractivity contribution in [3.05, 3.63) is 29.8 Å². The highest BCUT2D eigenvalue weighted by Gasteiger charge is 2.53. The maximum atomic E-state index is 11.8. The average Bonchev–Trinajstić information content (AvgIpc) is 2.99. The molecule has 2 rings (SSSR count). The molecule has 104 valence electrons. The molecule has 19 heavy (non-hydrogen) atoms. The summed E-state index contributed by atoms with van der Waals surface area (Å²) in [5.41, 5.74) is 6.76. The Kier molecular flexibility index (Phi) is 3.80. The van der Waals surface area contributed by atoms with Crippen LogP contribution in [0.2, 0.25) is 0 Å². The highest BCUT2D eigenvalue weighted by atomic mass is 16.5. The van der Waals surface area contributed by atoms with Gasteiger partial charge in [-0.15, -0.1) is 0 Å². The summed E-state index contributed by atoms with van der Waals surface area (Å²) in [4.78, 5) is 11.8. The van der Waals surface area contributed by atoms with Gasteiger partial charge >= 0.3 is 0 Å². The number of carbonyl (C=O) groups excluding carboxylic acids is 1. The monoisotopic (exact) mass is 262 g/mol. The Balaban J connectivity index is 2.05. The third kappa shape index (κ3) is 2.89. The van der Waals surface area contributed by atoms with Crippen LogP contribution in [0.5, 0.6) is 5.75 Å². The number of rotatable bonds is 5. The summed E-state index contributed by atoms with van der Waals surface area (Å²) >= 11 is 0. The first-order valence-corrected chi connectivity index (χ1v) is 6.66. The molecule has 0 saturated heterocycles. The molecule has 3 N–H and O–H groups in total. The summed E-state index contributed by atoms with van der Waals surface area (Å²) in [5.74, 6) is 0.910. The second-order valence-electron chi connectivity index (χ2n) is 5.62. The molecule has 1 fully saturated rings. The van der Waals surface area contributed by atoms with E-state index in [9.17, 15) is 4.79 Å². The van der Waals surface area contributed by atoms with Crippen molar-refractivity contribution in [1.82, 2.24) is 5.32 Å². The molecule has 0 aromatic heterocycles. The van der Waals surface area contributed by atoms with Crippen molar-refractivity contribution in [1.29, 1.82) is 0 Å². The molecule has 1 aromatic carbocycles. The number of nitrogens with two attached hydrogens (primary N) is 1. The molecule has 0 aliphatic heterocycles. The quantitative estimate of drug-likeness (QED) is 0.846. The van der Waals surface area contributed by atoms with E-state index in [1.807, 2.05) is 25.1 Å². The Bertz CT molecular complexity index is 473. The lowest BCUT2D eigenvalue weighted by atomic mass is 9.96. The zero-order chi connectivity index (χ0) is 14.0. The van der Waals surface area contributed by atoms with Gasteiger partial charge in [-0.2, -0.15) is 0 Å². The first-order valence-electron chi connectivity index (χ1n) is 6.66. The molecular formula is C15H22N2O2. The maximum Gasteiger partial charge on any atom is 0.221 e. The molecule has 4 heteroatoms. The van der Waals surface area contributed by atoms with E-state index in [2.05, 4.69) is 18.3 Å². The summed E-state index contributed by atoms with van der Waals surface area (Å²) in [6.07, 6.45) is 1.32. The second-order valence-corrected chi connectivity index (χ2v) is 5.62. The number of nitrogens with one attached hydrogen (secondary N) is 1. The summed E-state index contributed by atoms with van der Waals surface area (Å²) in [5, 5.41) is 3.05. The molecule has 1 amide bonds. The standard InChI is InChI=1S/C15H22N2O2/c1-10(16)8-14(18)17-13-9-15(13,2)11-6-4-5-7-12(11)19-3/h4-7,10,13H,8-9,16H2,1-3H3,(H,17,18). The van der Waals surface area contributed by atoms with Gasteiger partial charge in [-0.3, -0.25) is 4.79 Å². The number of hydrogen-bond acceptors (Lipinski definition) is 3. The lowest BCUT2D eigenvalue weighted by molar-refractivity contribution is -0.121. The predicted octanol–water partition coefficient (Wildman–Crippen LogP) is 1.58. The topological polar surface area (TPSA) is 64.3 Å². The van der Waals surface area contributed by atoms with Crippen molar-refractivity contribution in [3.8, 4) is 5.75 Å². The van der Waals surface area contributed by atoms with Crippen LogP contribution in [0.25, 0.3) is 0 Å². The van der Waals surface area contributed by atoms with Gasteiger partial charge < -0.3 is 15.8 Å². The fourth-order valence-electron chi connectivity index (χ4n) is 2.54. The van der Waals surface area contributed by atoms with Crippen molar-refractivity contribution in [3.63, 3.8) is 0 Å². The van der Waals surface area contributed by atoms with Gasteiger partial charge in [0.05, 0.1) is 7.11 Å². The van der Waals surface area contributed by atoms with Crippen LogP contribution < -0.4 is 15.8 Å². The average molecular weight is 262 g/mol. The molecule has 0 radical (unpaired) electrons. The van der Waals surface area contributed by atoms with Gasteiger partial charge in [0.1, 0.15) is 5.75 Å². The van der Waals surface area contributed by atoms with E-state index in [1.165, 1.54) is 0 Å². The van der Waals surface area contributed by atoms with Crippen LogP contribution in [-0.2, 0) is 10.2 Å². The van der Waals surface area contributed by atoms with Crippen LogP contribution in [0, 0.1) is 0 Å². The number of para-hydroxylation sites is 1. The van der Waals surface area contributed by atoms with Crippen LogP contribution in [0.1, 0.15) is 32.3 Å². The molecule has 0 bridgehead atoms. The lowest BCUT2D eigenvalue weighted by Crippen LogP contribution is -2.34. The molecule has 1 aliphatic rings. The first-order chi connectivity index (χ1) is 8.97. The number of benzene rings is 1. The van der Waals surface area contributed by atoms with Gasteiger partial charge in [0.2, 0.25) is 5.91 Å². The normalized spacial score (nSPS) is 26.6. The van der Waals surface area contributed by atoms with Crippen LogP contribution in [0.3, 0.4) is 0 Å². The molecular weight excluding hydrogens is 240 g/mol. The minimum absolute atomic E-state index is 0.0265. The molecule has 3 unspecified atom stereocenters. The number of hydrogen-bond donors (Lipinski definition) is 2. The number of ether oxygens (including phenoxy) is 1. The van der Waals surface area contributed by atoms with Gasteiger partial charge in [0.15, 0.2) is 0 Å². The molecule has 0 heterocycles. The molecule has 4 nitrogen and oxygen atoms in total. The number of carbonyl (C=O) groups is 1. The maximum absolute atomic E-state index is 11.8. The van der Waals surface area contributed by atoms with E-state index in [-0.39, 0.29) is 23.4 Å². The van der Waals surface area contributed by atoms with E-state index < -0.39 is 0 Å². The van der Waals surface area contributed by atoms with Crippen molar-refractivity contribution >= 4 is 5.91 Å². The van der Waals surface area contributed by atoms with Gasteiger partial charge in [-0.1, -0.05) is 25.1 Å². The highest BCUT2D eigenvalue weighted by molar-refractivity contribution is 5.77. The summed E-state index contributed by atoms with van der Waals surface area (Å²) in [6, 6.07) is 8.06. The third-order valence-corrected chi connectivity index (χ3v) is 3.80. The fourth-order valence-corrected chi connectivity index (χ4v) is 2.54. The first kappa shape index (κ1) is 13.9. The second kappa shape index (κ2) is 5.21. The third-order valence-electron chi connectivity index (χ3n) is 3.80. The van der Waals surface area contributed by atoms with Crippen molar-refractivity contribution in [2.75, 3.05) is 7.11 Å². The van der Waals surface area contributed by atoms with E-state index in [1.54, 1.807) is 7.11 Å². The molecule has 1 aromatic rings. The Morgan fingerprint density at radius 1 is 1.58 bits per heavy atom. The Hall–Kier alpha value is -1.55. The minimum atomic E-state index is -0.101. The largest absolute Gasteiger partial charge is 0.496 e. The molecule has 1 saturated carbocycles. The summed E-state index contributed by atoms with van der Waals surface area (Å²) in [7, 11) is 1.67. The Morgan fingerprint density at radius 3 is 2.89 bits per heavy atom.